The first-order chi connectivity index (χ1) is 10.3. The number of aliphatic carboxylic acids is 1. The highest BCUT2D eigenvalue weighted by Crippen LogP contribution is 2.24. The number of benzene rings is 1. The molecule has 1 atom stereocenters. The van der Waals surface area contributed by atoms with Crippen LogP contribution in [0.1, 0.15) is 12.8 Å². The average Bonchev–Trinajstić information content (AvgIpc) is 2.89. The molecule has 1 fully saturated rings. The zero-order chi connectivity index (χ0) is 16.3. The van der Waals surface area contributed by atoms with Gasteiger partial charge in [-0.3, -0.25) is 0 Å². The molecule has 0 aliphatic carbocycles. The zero-order valence-corrected chi connectivity index (χ0v) is 11.3. The normalized spacial score (nSPS) is 18.1. The van der Waals surface area contributed by atoms with Crippen molar-refractivity contribution in [1.82, 2.24) is 4.90 Å². The Hall–Kier alpha value is -2.45. The number of nitrogens with one attached hydrogen (secondary N) is 1. The number of halogens is 3. The topological polar surface area (TPSA) is 78.9 Å². The van der Waals surface area contributed by atoms with E-state index >= 15 is 0 Å². The van der Waals surface area contributed by atoms with Gasteiger partial charge in [-0.25, -0.2) is 9.59 Å². The van der Waals surface area contributed by atoms with Crippen LogP contribution in [-0.2, 0) is 4.79 Å². The van der Waals surface area contributed by atoms with E-state index in [-0.39, 0.29) is 5.69 Å². The number of carbonyl (C=O) groups is 2. The lowest BCUT2D eigenvalue weighted by molar-refractivity contribution is -0.274. The Bertz CT molecular complexity index is 559. The molecule has 2 rings (SSSR count). The maximum Gasteiger partial charge on any atom is 0.573 e. The number of rotatable bonds is 3. The van der Waals surface area contributed by atoms with Gasteiger partial charge in [0.05, 0.1) is 0 Å². The van der Waals surface area contributed by atoms with Gasteiger partial charge in [-0.2, -0.15) is 0 Å². The smallest absolute Gasteiger partial charge is 0.480 e. The number of nitrogens with zero attached hydrogens (tertiary/aromatic N) is 1. The first-order valence-electron chi connectivity index (χ1n) is 6.42. The number of likely N-dealkylation sites (tertiary alicyclic amines) is 1. The van der Waals surface area contributed by atoms with Crippen LogP contribution in [-0.4, -0.2) is 41.0 Å². The Morgan fingerprint density at radius 3 is 2.45 bits per heavy atom. The van der Waals surface area contributed by atoms with E-state index < -0.39 is 30.2 Å². The second-order valence-electron chi connectivity index (χ2n) is 4.69. The molecule has 1 heterocycles. The van der Waals surface area contributed by atoms with Crippen LogP contribution in [0.4, 0.5) is 23.7 Å². The molecule has 0 unspecified atom stereocenters. The Morgan fingerprint density at radius 2 is 1.91 bits per heavy atom. The van der Waals surface area contributed by atoms with Gasteiger partial charge in [0.15, 0.2) is 0 Å². The lowest BCUT2D eigenvalue weighted by Gasteiger charge is -2.21. The molecule has 2 amide bonds. The summed E-state index contributed by atoms with van der Waals surface area (Å²) in [6, 6.07) is 3.11. The van der Waals surface area contributed by atoms with Crippen molar-refractivity contribution in [3.05, 3.63) is 24.3 Å². The number of carbonyl (C=O) groups excluding carboxylic acids is 1. The van der Waals surface area contributed by atoms with Crippen molar-refractivity contribution in [2.24, 2.45) is 0 Å². The van der Waals surface area contributed by atoms with Crippen LogP contribution in [0.15, 0.2) is 24.3 Å². The lowest BCUT2D eigenvalue weighted by Crippen LogP contribution is -2.42. The maximum absolute atomic E-state index is 12.0. The van der Waals surface area contributed by atoms with Crippen molar-refractivity contribution in [3.8, 4) is 5.75 Å². The second-order valence-corrected chi connectivity index (χ2v) is 4.69. The molecular formula is C13H13F3N2O4. The van der Waals surface area contributed by atoms with E-state index in [9.17, 15) is 22.8 Å². The number of anilines is 1. The van der Waals surface area contributed by atoms with E-state index in [1.165, 1.54) is 17.0 Å². The quantitative estimate of drug-likeness (QED) is 0.898. The van der Waals surface area contributed by atoms with Crippen molar-refractivity contribution in [1.29, 1.82) is 0 Å². The summed E-state index contributed by atoms with van der Waals surface area (Å²) in [7, 11) is 0. The third kappa shape index (κ3) is 4.03. The molecule has 6 nitrogen and oxygen atoms in total. The molecule has 0 bridgehead atoms. The molecule has 1 saturated heterocycles. The van der Waals surface area contributed by atoms with Crippen LogP contribution in [0.2, 0.25) is 0 Å². The fourth-order valence-electron chi connectivity index (χ4n) is 2.20. The van der Waals surface area contributed by atoms with Gasteiger partial charge in [0.1, 0.15) is 11.8 Å². The molecule has 22 heavy (non-hydrogen) atoms. The Labute approximate surface area is 123 Å². The summed E-state index contributed by atoms with van der Waals surface area (Å²) in [4.78, 5) is 24.2. The largest absolute Gasteiger partial charge is 0.573 e. The average molecular weight is 318 g/mol. The fraction of sp³-hybridized carbons (Fsp3) is 0.385. The van der Waals surface area contributed by atoms with Crippen LogP contribution in [0.3, 0.4) is 0 Å². The predicted octanol–water partition coefficient (Wildman–Crippen LogP) is 2.67. The minimum Gasteiger partial charge on any atom is -0.480 e. The minimum atomic E-state index is -4.78. The van der Waals surface area contributed by atoms with Gasteiger partial charge in [-0.05, 0) is 37.1 Å². The van der Waals surface area contributed by atoms with E-state index in [1.54, 1.807) is 0 Å². The van der Waals surface area contributed by atoms with Crippen LogP contribution in [0.5, 0.6) is 5.75 Å². The molecule has 120 valence electrons. The lowest BCUT2D eigenvalue weighted by atomic mass is 10.2. The number of ether oxygens (including phenoxy) is 1. The Morgan fingerprint density at radius 1 is 1.27 bits per heavy atom. The maximum atomic E-state index is 12.0. The highest BCUT2D eigenvalue weighted by molar-refractivity contribution is 5.92. The molecule has 1 aliphatic rings. The van der Waals surface area contributed by atoms with Crippen molar-refractivity contribution < 1.29 is 32.6 Å². The van der Waals surface area contributed by atoms with Gasteiger partial charge in [-0.1, -0.05) is 0 Å². The van der Waals surface area contributed by atoms with E-state index in [0.29, 0.717) is 19.4 Å². The standard InChI is InChI=1S/C13H13F3N2O4/c14-13(15,16)22-9-5-3-8(4-6-9)17-12(21)18-7-1-2-10(18)11(19)20/h3-6,10H,1-2,7H2,(H,17,21)(H,19,20)/t10-/m1/s1. The van der Waals surface area contributed by atoms with Crippen molar-refractivity contribution in [3.63, 3.8) is 0 Å². The molecule has 0 aromatic heterocycles. The monoisotopic (exact) mass is 318 g/mol. The molecule has 0 spiro atoms. The van der Waals surface area contributed by atoms with Crippen molar-refractivity contribution >= 4 is 17.7 Å². The zero-order valence-electron chi connectivity index (χ0n) is 11.3. The van der Waals surface area contributed by atoms with Gasteiger partial charge < -0.3 is 20.1 Å². The number of alkyl halides is 3. The van der Waals surface area contributed by atoms with E-state index in [1.807, 2.05) is 0 Å². The molecule has 1 aliphatic heterocycles. The highest BCUT2D eigenvalue weighted by Gasteiger charge is 2.34. The fourth-order valence-corrected chi connectivity index (χ4v) is 2.20. The Kier molecular flexibility index (Phi) is 4.43. The van der Waals surface area contributed by atoms with Gasteiger partial charge in [0.2, 0.25) is 0 Å². The van der Waals surface area contributed by atoms with E-state index in [2.05, 4.69) is 10.1 Å². The highest BCUT2D eigenvalue weighted by atomic mass is 19.4. The van der Waals surface area contributed by atoms with Crippen LogP contribution in [0, 0.1) is 0 Å². The summed E-state index contributed by atoms with van der Waals surface area (Å²) in [6.07, 6.45) is -3.82. The Balaban J connectivity index is 1.98. The molecule has 0 radical (unpaired) electrons. The first-order valence-corrected chi connectivity index (χ1v) is 6.42. The van der Waals surface area contributed by atoms with Gasteiger partial charge in [0, 0.05) is 12.2 Å². The molecule has 2 N–H and O–H groups in total. The second kappa shape index (κ2) is 6.12. The van der Waals surface area contributed by atoms with Crippen LogP contribution >= 0.6 is 0 Å². The van der Waals surface area contributed by atoms with Gasteiger partial charge >= 0.3 is 18.4 Å². The first kappa shape index (κ1) is 15.9. The summed E-state index contributed by atoms with van der Waals surface area (Å²) >= 11 is 0. The third-order valence-electron chi connectivity index (χ3n) is 3.14. The van der Waals surface area contributed by atoms with E-state index in [0.717, 1.165) is 12.1 Å². The van der Waals surface area contributed by atoms with Crippen molar-refractivity contribution in [2.75, 3.05) is 11.9 Å². The summed E-state index contributed by atoms with van der Waals surface area (Å²) < 4.78 is 39.8. The summed E-state index contributed by atoms with van der Waals surface area (Å²) in [5.74, 6) is -1.49. The number of urea groups is 1. The number of hydrogen-bond donors (Lipinski definition) is 2. The molecular weight excluding hydrogens is 305 g/mol. The summed E-state index contributed by atoms with van der Waals surface area (Å²) in [6.45, 7) is 0.318. The van der Waals surface area contributed by atoms with Crippen molar-refractivity contribution in [2.45, 2.75) is 25.2 Å². The minimum absolute atomic E-state index is 0.246. The predicted molar refractivity (Wildman–Crippen MR) is 69.5 cm³/mol. The van der Waals surface area contributed by atoms with Crippen LogP contribution < -0.4 is 10.1 Å². The van der Waals surface area contributed by atoms with Gasteiger partial charge in [0.25, 0.3) is 0 Å². The van der Waals surface area contributed by atoms with E-state index in [4.69, 9.17) is 5.11 Å². The molecule has 0 saturated carbocycles. The number of carboxylic acids is 1. The molecule has 9 heteroatoms. The van der Waals surface area contributed by atoms with Crippen LogP contribution in [0.25, 0.3) is 0 Å². The molecule has 1 aromatic rings. The summed E-state index contributed by atoms with van der Waals surface area (Å²) in [5, 5.41) is 11.4. The SMILES string of the molecule is O=C(O)[C@H]1CCCN1C(=O)Nc1ccc(OC(F)(F)F)cc1. The number of amides is 2. The van der Waals surface area contributed by atoms with Gasteiger partial charge in [-0.15, -0.1) is 13.2 Å². The third-order valence-corrected chi connectivity index (χ3v) is 3.14. The number of hydrogen-bond acceptors (Lipinski definition) is 3. The summed E-state index contributed by atoms with van der Waals surface area (Å²) in [5.41, 5.74) is 0.246. The number of carboxylic acid groups (broad SMARTS) is 1. The molecule has 1 aromatic carbocycles.